The standard InChI is InChI=1S/C21H27NO4/c1-14(21(25)17-5-8-19(24)20(13-17)26-2)22-11-9-16(10-12-22)15-3-6-18(23)7-4-15/h3-8,13-14,16,21,23-25H,9-12H2,1-2H3/t14-,21+/m0/s1. The van der Waals surface area contributed by atoms with E-state index in [2.05, 4.69) is 4.90 Å². The summed E-state index contributed by atoms with van der Waals surface area (Å²) >= 11 is 0. The van der Waals surface area contributed by atoms with Crippen molar-refractivity contribution in [3.05, 3.63) is 53.6 Å². The van der Waals surface area contributed by atoms with Gasteiger partial charge in [-0.05, 0) is 74.2 Å². The molecule has 2 aromatic rings. The van der Waals surface area contributed by atoms with Gasteiger partial charge in [-0.25, -0.2) is 0 Å². The number of likely N-dealkylation sites (tertiary alicyclic amines) is 1. The first-order chi connectivity index (χ1) is 12.5. The molecule has 2 atom stereocenters. The summed E-state index contributed by atoms with van der Waals surface area (Å²) in [5, 5.41) is 29.9. The third-order valence-electron chi connectivity index (χ3n) is 5.47. The molecule has 2 aromatic carbocycles. The number of nitrogens with zero attached hydrogens (tertiary/aromatic N) is 1. The maximum Gasteiger partial charge on any atom is 0.160 e. The highest BCUT2D eigenvalue weighted by Gasteiger charge is 2.28. The first-order valence-electron chi connectivity index (χ1n) is 9.07. The number of hydrogen-bond donors (Lipinski definition) is 3. The lowest BCUT2D eigenvalue weighted by atomic mass is 9.88. The Hall–Kier alpha value is -2.24. The van der Waals surface area contributed by atoms with Gasteiger partial charge in [0, 0.05) is 6.04 Å². The highest BCUT2D eigenvalue weighted by molar-refractivity contribution is 5.42. The first-order valence-corrected chi connectivity index (χ1v) is 9.07. The van der Waals surface area contributed by atoms with Crippen molar-refractivity contribution in [3.63, 3.8) is 0 Å². The molecular weight excluding hydrogens is 330 g/mol. The fourth-order valence-electron chi connectivity index (χ4n) is 3.74. The van der Waals surface area contributed by atoms with Crippen LogP contribution in [-0.2, 0) is 0 Å². The summed E-state index contributed by atoms with van der Waals surface area (Å²) in [4.78, 5) is 2.31. The minimum atomic E-state index is -0.644. The van der Waals surface area contributed by atoms with Gasteiger partial charge < -0.3 is 20.1 Å². The summed E-state index contributed by atoms with van der Waals surface area (Å²) < 4.78 is 5.14. The van der Waals surface area contributed by atoms with Crippen LogP contribution in [0.4, 0.5) is 0 Å². The van der Waals surface area contributed by atoms with Crippen LogP contribution in [0.3, 0.4) is 0 Å². The number of piperidine rings is 1. The molecule has 0 amide bonds. The first kappa shape index (κ1) is 18.5. The molecular formula is C21H27NO4. The van der Waals surface area contributed by atoms with E-state index in [4.69, 9.17) is 4.74 Å². The van der Waals surface area contributed by atoms with Crippen LogP contribution < -0.4 is 4.74 Å². The molecule has 1 fully saturated rings. The van der Waals surface area contributed by atoms with Gasteiger partial charge in [-0.3, -0.25) is 4.90 Å². The van der Waals surface area contributed by atoms with Crippen LogP contribution in [0.5, 0.6) is 17.2 Å². The van der Waals surface area contributed by atoms with Crippen LogP contribution in [-0.4, -0.2) is 46.5 Å². The Morgan fingerprint density at radius 2 is 1.69 bits per heavy atom. The third-order valence-corrected chi connectivity index (χ3v) is 5.47. The summed E-state index contributed by atoms with van der Waals surface area (Å²) in [6.45, 7) is 3.86. The summed E-state index contributed by atoms with van der Waals surface area (Å²) in [5.74, 6) is 1.24. The van der Waals surface area contributed by atoms with Gasteiger partial charge in [0.15, 0.2) is 11.5 Å². The zero-order valence-corrected chi connectivity index (χ0v) is 15.3. The van der Waals surface area contributed by atoms with E-state index < -0.39 is 6.10 Å². The quantitative estimate of drug-likeness (QED) is 0.765. The van der Waals surface area contributed by atoms with Crippen molar-refractivity contribution < 1.29 is 20.1 Å². The van der Waals surface area contributed by atoms with Crippen LogP contribution in [0, 0.1) is 0 Å². The van der Waals surface area contributed by atoms with E-state index in [1.165, 1.54) is 12.7 Å². The molecule has 0 aromatic heterocycles. The van der Waals surface area contributed by atoms with Crippen LogP contribution in [0.2, 0.25) is 0 Å². The lowest BCUT2D eigenvalue weighted by Crippen LogP contribution is -2.42. The third kappa shape index (κ3) is 3.94. The molecule has 0 bridgehead atoms. The van der Waals surface area contributed by atoms with Crippen molar-refractivity contribution in [1.29, 1.82) is 0 Å². The van der Waals surface area contributed by atoms with Crippen molar-refractivity contribution in [1.82, 2.24) is 4.90 Å². The normalized spacial score (nSPS) is 18.4. The van der Waals surface area contributed by atoms with Gasteiger partial charge in [-0.1, -0.05) is 18.2 Å². The number of phenols is 2. The average molecular weight is 357 g/mol. The predicted molar refractivity (Wildman–Crippen MR) is 101 cm³/mol. The van der Waals surface area contributed by atoms with E-state index in [0.29, 0.717) is 17.4 Å². The summed E-state index contributed by atoms with van der Waals surface area (Å²) in [6.07, 6.45) is 1.41. The Morgan fingerprint density at radius 3 is 2.31 bits per heavy atom. The van der Waals surface area contributed by atoms with Crippen molar-refractivity contribution in [2.75, 3.05) is 20.2 Å². The molecule has 0 unspecified atom stereocenters. The molecule has 140 valence electrons. The number of hydrogen-bond acceptors (Lipinski definition) is 5. The summed E-state index contributed by atoms with van der Waals surface area (Å²) in [5.41, 5.74) is 2.01. The van der Waals surface area contributed by atoms with E-state index in [1.54, 1.807) is 30.3 Å². The Morgan fingerprint density at radius 1 is 1.04 bits per heavy atom. The van der Waals surface area contributed by atoms with Gasteiger partial charge in [0.2, 0.25) is 0 Å². The smallest absolute Gasteiger partial charge is 0.160 e. The highest BCUT2D eigenvalue weighted by atomic mass is 16.5. The van der Waals surface area contributed by atoms with Gasteiger partial charge in [0.05, 0.1) is 13.2 Å². The maximum absolute atomic E-state index is 10.8. The van der Waals surface area contributed by atoms with E-state index >= 15 is 0 Å². The van der Waals surface area contributed by atoms with Gasteiger partial charge in [0.1, 0.15) is 5.75 Å². The molecule has 1 saturated heterocycles. The molecule has 0 saturated carbocycles. The maximum atomic E-state index is 10.8. The van der Waals surface area contributed by atoms with Crippen molar-refractivity contribution in [2.24, 2.45) is 0 Å². The van der Waals surface area contributed by atoms with Crippen LogP contribution in [0.15, 0.2) is 42.5 Å². The number of aromatic hydroxyl groups is 2. The van der Waals surface area contributed by atoms with Gasteiger partial charge in [-0.2, -0.15) is 0 Å². The largest absolute Gasteiger partial charge is 0.508 e. The highest BCUT2D eigenvalue weighted by Crippen LogP contribution is 2.34. The number of phenolic OH excluding ortho intramolecular Hbond substituents is 2. The van der Waals surface area contributed by atoms with Crippen LogP contribution >= 0.6 is 0 Å². The number of benzene rings is 2. The van der Waals surface area contributed by atoms with Crippen molar-refractivity contribution >= 4 is 0 Å². The average Bonchev–Trinajstić information content (AvgIpc) is 2.68. The second-order valence-corrected chi connectivity index (χ2v) is 7.02. The van der Waals surface area contributed by atoms with Gasteiger partial charge in [0.25, 0.3) is 0 Å². The number of rotatable bonds is 5. The summed E-state index contributed by atoms with van der Waals surface area (Å²) in [7, 11) is 1.50. The SMILES string of the molecule is COc1cc([C@H](O)[C@H](C)N2CCC(c3ccc(O)cc3)CC2)ccc1O. The van der Waals surface area contributed by atoms with Gasteiger partial charge in [-0.15, -0.1) is 0 Å². The fraction of sp³-hybridized carbons (Fsp3) is 0.429. The minimum Gasteiger partial charge on any atom is -0.508 e. The summed E-state index contributed by atoms with van der Waals surface area (Å²) in [6, 6.07) is 12.4. The number of ether oxygens (including phenoxy) is 1. The molecule has 26 heavy (non-hydrogen) atoms. The minimum absolute atomic E-state index is 0.0231. The lowest BCUT2D eigenvalue weighted by molar-refractivity contribution is 0.0435. The molecule has 1 aliphatic heterocycles. The molecule has 0 spiro atoms. The zero-order valence-electron chi connectivity index (χ0n) is 15.3. The molecule has 1 heterocycles. The molecule has 3 N–H and O–H groups in total. The second kappa shape index (κ2) is 7.98. The Kier molecular flexibility index (Phi) is 5.69. The van der Waals surface area contributed by atoms with E-state index in [9.17, 15) is 15.3 Å². The number of aliphatic hydroxyl groups excluding tert-OH is 1. The molecule has 0 radical (unpaired) electrons. The lowest BCUT2D eigenvalue weighted by Gasteiger charge is -2.38. The topological polar surface area (TPSA) is 73.2 Å². The fourth-order valence-corrected chi connectivity index (χ4v) is 3.74. The molecule has 5 nitrogen and oxygen atoms in total. The molecule has 5 heteroatoms. The molecule has 3 rings (SSSR count). The van der Waals surface area contributed by atoms with E-state index in [1.807, 2.05) is 19.1 Å². The molecule has 1 aliphatic rings. The number of aliphatic hydroxyl groups is 1. The van der Waals surface area contributed by atoms with Gasteiger partial charge >= 0.3 is 0 Å². The second-order valence-electron chi connectivity index (χ2n) is 7.02. The van der Waals surface area contributed by atoms with Crippen LogP contribution in [0.1, 0.15) is 42.9 Å². The van der Waals surface area contributed by atoms with Crippen LogP contribution in [0.25, 0.3) is 0 Å². The predicted octanol–water partition coefficient (Wildman–Crippen LogP) is 3.41. The van der Waals surface area contributed by atoms with E-state index in [-0.39, 0.29) is 11.8 Å². The van der Waals surface area contributed by atoms with E-state index in [0.717, 1.165) is 31.5 Å². The molecule has 0 aliphatic carbocycles. The van der Waals surface area contributed by atoms with Crippen molar-refractivity contribution in [2.45, 2.75) is 37.8 Å². The zero-order chi connectivity index (χ0) is 18.7. The Bertz CT molecular complexity index is 723. The van der Waals surface area contributed by atoms with Crippen molar-refractivity contribution in [3.8, 4) is 17.2 Å². The monoisotopic (exact) mass is 357 g/mol. The Balaban J connectivity index is 1.62. The number of methoxy groups -OCH3 is 1. The Labute approximate surface area is 154 Å².